The van der Waals surface area contributed by atoms with E-state index in [1.165, 1.54) is 29.9 Å². The summed E-state index contributed by atoms with van der Waals surface area (Å²) < 4.78 is 12.0. The summed E-state index contributed by atoms with van der Waals surface area (Å²) in [6.07, 6.45) is 1.45. The molecule has 0 bridgehead atoms. The van der Waals surface area contributed by atoms with Gasteiger partial charge in [-0.2, -0.15) is 0 Å². The van der Waals surface area contributed by atoms with Gasteiger partial charge in [0.15, 0.2) is 16.3 Å². The topological polar surface area (TPSA) is 171 Å². The maximum Gasteiger partial charge on any atom is 0.338 e. The second-order valence-corrected chi connectivity index (χ2v) is 9.06. The van der Waals surface area contributed by atoms with Crippen molar-refractivity contribution in [3.05, 3.63) is 89.0 Å². The Morgan fingerprint density at radius 1 is 1.26 bits per heavy atom. The lowest BCUT2D eigenvalue weighted by molar-refractivity contribution is -0.385. The van der Waals surface area contributed by atoms with Gasteiger partial charge in [-0.15, -0.1) is 0 Å². The number of carboxylic acids is 1. The van der Waals surface area contributed by atoms with Crippen LogP contribution in [0.3, 0.4) is 0 Å². The Morgan fingerprint density at radius 3 is 2.54 bits per heavy atom. The number of methoxy groups -OCH3 is 1. The van der Waals surface area contributed by atoms with Crippen LogP contribution in [0, 0.1) is 10.1 Å². The van der Waals surface area contributed by atoms with Crippen LogP contribution in [0.15, 0.2) is 57.8 Å². The van der Waals surface area contributed by atoms with Gasteiger partial charge < -0.3 is 19.7 Å². The number of hydrogen-bond donors (Lipinski definition) is 2. The number of thiazole rings is 1. The minimum atomic E-state index is -0.833. The molecular formula is C26H25N3O9S. The van der Waals surface area contributed by atoms with Crippen LogP contribution in [0.4, 0.5) is 5.69 Å². The molecule has 0 fully saturated rings. The second kappa shape index (κ2) is 12.2. The Balaban J connectivity index is 0.000000983. The number of para-hydroxylation sites is 1. The van der Waals surface area contributed by atoms with Crippen LogP contribution < -0.4 is 19.6 Å². The van der Waals surface area contributed by atoms with E-state index in [9.17, 15) is 24.8 Å². The highest BCUT2D eigenvalue weighted by Crippen LogP contribution is 2.36. The van der Waals surface area contributed by atoms with Crippen LogP contribution in [0.1, 0.15) is 37.9 Å². The number of aromatic nitrogens is 1. The lowest BCUT2D eigenvalue weighted by Gasteiger charge is -2.22. The van der Waals surface area contributed by atoms with E-state index in [1.54, 1.807) is 44.2 Å². The molecular weight excluding hydrogens is 530 g/mol. The monoisotopic (exact) mass is 555 g/mol. The maximum atomic E-state index is 13.3. The fourth-order valence-electron chi connectivity index (χ4n) is 3.84. The number of hydrogen-bond acceptors (Lipinski definition) is 10. The van der Waals surface area contributed by atoms with Crippen molar-refractivity contribution < 1.29 is 34.2 Å². The number of aromatic hydroxyl groups is 1. The molecule has 1 aliphatic rings. The third kappa shape index (κ3) is 6.21. The Labute approximate surface area is 225 Å². The average molecular weight is 556 g/mol. The summed E-state index contributed by atoms with van der Waals surface area (Å²) in [6, 6.07) is 9.90. The molecule has 1 unspecified atom stereocenters. The molecule has 0 spiro atoms. The first-order valence-corrected chi connectivity index (χ1v) is 12.3. The maximum absolute atomic E-state index is 13.3. The zero-order chi connectivity index (χ0) is 28.9. The zero-order valence-corrected chi connectivity index (χ0v) is 22.2. The van der Waals surface area contributed by atoms with Crippen LogP contribution in [0.25, 0.3) is 11.8 Å². The number of nitrogens with zero attached hydrogens (tertiary/aromatic N) is 3. The first kappa shape index (κ1) is 28.8. The van der Waals surface area contributed by atoms with E-state index in [2.05, 4.69) is 4.99 Å². The van der Waals surface area contributed by atoms with Gasteiger partial charge in [-0.1, -0.05) is 29.5 Å². The molecule has 3 aromatic rings. The van der Waals surface area contributed by atoms with Crippen molar-refractivity contribution in [1.29, 1.82) is 0 Å². The van der Waals surface area contributed by atoms with Crippen molar-refractivity contribution in [3.63, 3.8) is 0 Å². The van der Waals surface area contributed by atoms with E-state index in [1.807, 2.05) is 0 Å². The molecule has 1 aromatic heterocycles. The fourth-order valence-corrected chi connectivity index (χ4v) is 4.87. The number of aliphatic carboxylic acids is 1. The molecule has 1 aliphatic heterocycles. The first-order chi connectivity index (χ1) is 18.5. The summed E-state index contributed by atoms with van der Waals surface area (Å²) in [5.74, 6) is -1.32. The number of nitro groups is 1. The Kier molecular flexibility index (Phi) is 8.99. The van der Waals surface area contributed by atoms with Gasteiger partial charge in [0.2, 0.25) is 0 Å². The van der Waals surface area contributed by atoms with Crippen molar-refractivity contribution in [2.24, 2.45) is 4.99 Å². The summed E-state index contributed by atoms with van der Waals surface area (Å²) in [5, 5.41) is 28.8. The minimum absolute atomic E-state index is 0.0696. The molecule has 1 atom stereocenters. The molecule has 13 heteroatoms. The van der Waals surface area contributed by atoms with Crippen LogP contribution in [-0.4, -0.2) is 45.4 Å². The Morgan fingerprint density at radius 2 is 1.92 bits per heavy atom. The molecule has 2 aromatic carbocycles. The third-order valence-electron chi connectivity index (χ3n) is 5.48. The molecule has 204 valence electrons. The lowest BCUT2D eigenvalue weighted by Crippen LogP contribution is -2.35. The summed E-state index contributed by atoms with van der Waals surface area (Å²) >= 11 is 1.06. The van der Waals surface area contributed by atoms with Gasteiger partial charge in [0.05, 0.1) is 34.3 Å². The van der Waals surface area contributed by atoms with Crippen LogP contribution in [-0.2, 0) is 14.3 Å². The number of phenolic OH excluding ortho intramolecular Hbond substituents is 1. The molecule has 39 heavy (non-hydrogen) atoms. The quantitative estimate of drug-likeness (QED) is 0.264. The largest absolute Gasteiger partial charge is 0.504 e. The van der Waals surface area contributed by atoms with Crippen LogP contribution >= 0.6 is 11.3 Å². The number of fused-ring (bicyclic) bond motifs is 1. The molecule has 0 saturated heterocycles. The number of phenols is 1. The molecule has 12 nitrogen and oxygen atoms in total. The van der Waals surface area contributed by atoms with Gasteiger partial charge in [-0.3, -0.25) is 24.3 Å². The number of benzene rings is 2. The number of carbonyl (C=O) groups is 2. The summed E-state index contributed by atoms with van der Waals surface area (Å²) in [4.78, 5) is 51.1. The number of esters is 1. The molecule has 2 heterocycles. The standard InChI is InChI=1S/C24H21N3O7S.C2H4O2/c1-4-34-23(30)20-13(2)26-22(29)19(12-14-7-5-6-8-16(14)27(31)32)35-24(26)25-21(20)15-9-10-17(28)18(11-15)33-3;1-2(3)4/h5-12,21,28H,4H2,1-3H3;1H3,(H,3,4). The molecule has 0 radical (unpaired) electrons. The van der Waals surface area contributed by atoms with E-state index >= 15 is 0 Å². The number of rotatable bonds is 6. The van der Waals surface area contributed by atoms with Gasteiger partial charge in [0, 0.05) is 18.7 Å². The number of carbonyl (C=O) groups excluding carboxylic acids is 1. The lowest BCUT2D eigenvalue weighted by atomic mass is 9.96. The van der Waals surface area contributed by atoms with Gasteiger partial charge in [-0.25, -0.2) is 9.79 Å². The van der Waals surface area contributed by atoms with Crippen molar-refractivity contribution in [3.8, 4) is 11.5 Å². The van der Waals surface area contributed by atoms with Crippen LogP contribution in [0.5, 0.6) is 11.5 Å². The van der Waals surface area contributed by atoms with Gasteiger partial charge >= 0.3 is 5.97 Å². The fraction of sp³-hybridized carbons (Fsp3) is 0.231. The SMILES string of the molecule is CC(=O)O.CCOC(=O)C1=C(C)n2c(sc(=Cc3ccccc3[N+](=O)[O-])c2=O)=NC1c1ccc(O)c(OC)c1. The normalized spacial score (nSPS) is 14.5. The van der Waals surface area contributed by atoms with Crippen molar-refractivity contribution >= 4 is 40.7 Å². The van der Waals surface area contributed by atoms with Crippen LogP contribution in [0.2, 0.25) is 0 Å². The minimum Gasteiger partial charge on any atom is -0.504 e. The Bertz CT molecular complexity index is 1650. The summed E-state index contributed by atoms with van der Waals surface area (Å²) in [6.45, 7) is 4.51. The van der Waals surface area contributed by atoms with E-state index in [0.29, 0.717) is 16.1 Å². The summed E-state index contributed by atoms with van der Waals surface area (Å²) in [7, 11) is 1.41. The van der Waals surface area contributed by atoms with E-state index in [4.69, 9.17) is 19.4 Å². The third-order valence-corrected chi connectivity index (χ3v) is 6.46. The van der Waals surface area contributed by atoms with Crippen molar-refractivity contribution in [1.82, 2.24) is 4.57 Å². The zero-order valence-electron chi connectivity index (χ0n) is 21.4. The highest BCUT2D eigenvalue weighted by Gasteiger charge is 2.32. The molecule has 2 N–H and O–H groups in total. The molecule has 0 amide bonds. The average Bonchev–Trinajstić information content (AvgIpc) is 3.19. The summed E-state index contributed by atoms with van der Waals surface area (Å²) in [5.41, 5.74) is 0.763. The highest BCUT2D eigenvalue weighted by atomic mass is 32.1. The van der Waals surface area contributed by atoms with Crippen molar-refractivity contribution in [2.45, 2.75) is 26.8 Å². The number of nitro benzene ring substituents is 1. The Hall–Kier alpha value is -4.78. The van der Waals surface area contributed by atoms with Gasteiger partial charge in [-0.05, 0) is 43.7 Å². The first-order valence-electron chi connectivity index (χ1n) is 11.5. The van der Waals surface area contributed by atoms with E-state index < -0.39 is 28.5 Å². The molecule has 0 aliphatic carbocycles. The predicted octanol–water partition coefficient (Wildman–Crippen LogP) is 2.62. The molecule has 4 rings (SSSR count). The highest BCUT2D eigenvalue weighted by molar-refractivity contribution is 7.07. The van der Waals surface area contributed by atoms with E-state index in [0.717, 1.165) is 18.3 Å². The molecule has 0 saturated carbocycles. The van der Waals surface area contributed by atoms with Crippen molar-refractivity contribution in [2.75, 3.05) is 13.7 Å². The smallest absolute Gasteiger partial charge is 0.338 e. The number of carboxylic acid groups (broad SMARTS) is 1. The number of allylic oxidation sites excluding steroid dienone is 1. The van der Waals surface area contributed by atoms with Gasteiger partial charge in [0.25, 0.3) is 17.2 Å². The second-order valence-electron chi connectivity index (χ2n) is 8.05. The van der Waals surface area contributed by atoms with E-state index in [-0.39, 0.29) is 39.5 Å². The predicted molar refractivity (Wildman–Crippen MR) is 142 cm³/mol. The van der Waals surface area contributed by atoms with Gasteiger partial charge in [0.1, 0.15) is 6.04 Å². The number of ether oxygens (including phenoxy) is 2.